The molecule has 0 unspecified atom stereocenters. The second-order valence-electron chi connectivity index (χ2n) is 3.70. The molecule has 0 radical (unpaired) electrons. The summed E-state index contributed by atoms with van der Waals surface area (Å²) in [5.41, 5.74) is 2.17. The minimum absolute atomic E-state index is 0.191. The number of imidazole rings is 1. The monoisotopic (exact) mass is 253 g/mol. The highest BCUT2D eigenvalue weighted by Gasteiger charge is 2.08. The maximum atomic E-state index is 10.9. The fraction of sp³-hybridized carbons (Fsp3) is 0.455. The first-order valence-corrected chi connectivity index (χ1v) is 6.29. The lowest BCUT2D eigenvalue weighted by Gasteiger charge is -2.04. The number of hydrogen-bond acceptors (Lipinski definition) is 5. The van der Waals surface area contributed by atoms with Gasteiger partial charge in [0.15, 0.2) is 4.96 Å². The zero-order chi connectivity index (χ0) is 12.3. The third kappa shape index (κ3) is 2.65. The van der Waals surface area contributed by atoms with E-state index in [1.165, 1.54) is 7.11 Å². The van der Waals surface area contributed by atoms with E-state index >= 15 is 0 Å². The first-order chi connectivity index (χ1) is 8.22. The Morgan fingerprint density at radius 1 is 1.65 bits per heavy atom. The predicted octanol–water partition coefficient (Wildman–Crippen LogP) is 1.36. The average Bonchev–Trinajstić information content (AvgIpc) is 2.86. The van der Waals surface area contributed by atoms with E-state index in [0.29, 0.717) is 19.5 Å². The van der Waals surface area contributed by atoms with Gasteiger partial charge in [-0.1, -0.05) is 0 Å². The molecule has 0 fully saturated rings. The minimum Gasteiger partial charge on any atom is -0.469 e. The number of rotatable bonds is 5. The number of aromatic nitrogens is 2. The predicted molar refractivity (Wildman–Crippen MR) is 66.1 cm³/mol. The fourth-order valence-electron chi connectivity index (χ4n) is 1.65. The zero-order valence-electron chi connectivity index (χ0n) is 9.90. The topological polar surface area (TPSA) is 55.6 Å². The SMILES string of the molecule is COC(=O)CCNCc1c(C)nc2sccn12. The molecule has 1 N–H and O–H groups in total. The van der Waals surface area contributed by atoms with Crippen molar-refractivity contribution in [2.24, 2.45) is 0 Å². The van der Waals surface area contributed by atoms with Crippen molar-refractivity contribution < 1.29 is 9.53 Å². The summed E-state index contributed by atoms with van der Waals surface area (Å²) in [5.74, 6) is -0.191. The number of fused-ring (bicyclic) bond motifs is 1. The number of aryl methyl sites for hydroxylation is 1. The molecule has 17 heavy (non-hydrogen) atoms. The summed E-state index contributed by atoms with van der Waals surface area (Å²) in [4.78, 5) is 16.4. The molecule has 2 rings (SSSR count). The molecule has 0 saturated carbocycles. The van der Waals surface area contributed by atoms with Crippen molar-refractivity contribution in [3.63, 3.8) is 0 Å². The molecule has 5 nitrogen and oxygen atoms in total. The van der Waals surface area contributed by atoms with Crippen molar-refractivity contribution in [2.45, 2.75) is 19.9 Å². The Hall–Kier alpha value is -1.40. The number of nitrogens with zero attached hydrogens (tertiary/aromatic N) is 2. The highest BCUT2D eigenvalue weighted by atomic mass is 32.1. The van der Waals surface area contributed by atoms with E-state index in [9.17, 15) is 4.79 Å². The molecule has 2 aromatic rings. The maximum absolute atomic E-state index is 10.9. The summed E-state index contributed by atoms with van der Waals surface area (Å²) in [5, 5.41) is 5.23. The van der Waals surface area contributed by atoms with Crippen molar-refractivity contribution in [2.75, 3.05) is 13.7 Å². The summed E-state index contributed by atoms with van der Waals surface area (Å²) in [6, 6.07) is 0. The Balaban J connectivity index is 1.92. The first-order valence-electron chi connectivity index (χ1n) is 5.41. The molecule has 6 heteroatoms. The lowest BCUT2D eigenvalue weighted by Crippen LogP contribution is -2.19. The van der Waals surface area contributed by atoms with Gasteiger partial charge in [-0.2, -0.15) is 0 Å². The molecule has 0 amide bonds. The van der Waals surface area contributed by atoms with Gasteiger partial charge in [0.25, 0.3) is 0 Å². The maximum Gasteiger partial charge on any atom is 0.306 e. The van der Waals surface area contributed by atoms with E-state index in [-0.39, 0.29) is 5.97 Å². The van der Waals surface area contributed by atoms with Gasteiger partial charge in [-0.25, -0.2) is 4.98 Å². The number of hydrogen-bond donors (Lipinski definition) is 1. The van der Waals surface area contributed by atoms with Crippen LogP contribution < -0.4 is 5.32 Å². The van der Waals surface area contributed by atoms with Gasteiger partial charge in [-0.05, 0) is 6.92 Å². The van der Waals surface area contributed by atoms with Crippen LogP contribution in [0.2, 0.25) is 0 Å². The summed E-state index contributed by atoms with van der Waals surface area (Å²) in [6.45, 7) is 3.32. The van der Waals surface area contributed by atoms with Crippen LogP contribution in [0, 0.1) is 6.92 Å². The summed E-state index contributed by atoms with van der Waals surface area (Å²) in [6.07, 6.45) is 2.40. The van der Waals surface area contributed by atoms with Crippen molar-refractivity contribution in [3.05, 3.63) is 23.0 Å². The Labute approximate surface area is 103 Å². The van der Waals surface area contributed by atoms with Crippen molar-refractivity contribution >= 4 is 22.3 Å². The van der Waals surface area contributed by atoms with Crippen molar-refractivity contribution in [3.8, 4) is 0 Å². The normalized spacial score (nSPS) is 10.9. The largest absolute Gasteiger partial charge is 0.469 e. The third-order valence-corrected chi connectivity index (χ3v) is 3.34. The molecule has 0 aromatic carbocycles. The highest BCUT2D eigenvalue weighted by molar-refractivity contribution is 7.15. The number of esters is 1. The Bertz CT molecular complexity index is 518. The van der Waals surface area contributed by atoms with E-state index < -0.39 is 0 Å². The number of nitrogens with one attached hydrogen (secondary N) is 1. The summed E-state index contributed by atoms with van der Waals surface area (Å²) >= 11 is 1.62. The van der Waals surface area contributed by atoms with Crippen molar-refractivity contribution in [1.29, 1.82) is 0 Å². The molecular formula is C11H15N3O2S. The van der Waals surface area contributed by atoms with Crippen LogP contribution in [0.15, 0.2) is 11.6 Å². The number of carbonyl (C=O) groups excluding carboxylic acids is 1. The van der Waals surface area contributed by atoms with Crippen LogP contribution in [0.1, 0.15) is 17.8 Å². The Kier molecular flexibility index (Phi) is 3.75. The van der Waals surface area contributed by atoms with Crippen LogP contribution in [0.4, 0.5) is 0 Å². The number of methoxy groups -OCH3 is 1. The number of ether oxygens (including phenoxy) is 1. The lowest BCUT2D eigenvalue weighted by atomic mass is 10.3. The fourth-order valence-corrected chi connectivity index (χ4v) is 2.43. The molecule has 2 aromatic heterocycles. The van der Waals surface area contributed by atoms with Crippen LogP contribution in [0.3, 0.4) is 0 Å². The van der Waals surface area contributed by atoms with E-state index in [1.54, 1.807) is 11.3 Å². The van der Waals surface area contributed by atoms with Gasteiger partial charge >= 0.3 is 5.97 Å². The van der Waals surface area contributed by atoms with E-state index in [0.717, 1.165) is 16.3 Å². The lowest BCUT2D eigenvalue weighted by molar-refractivity contribution is -0.140. The van der Waals surface area contributed by atoms with Gasteiger partial charge in [0.2, 0.25) is 0 Å². The minimum atomic E-state index is -0.191. The molecule has 0 spiro atoms. The van der Waals surface area contributed by atoms with Gasteiger partial charge in [0.1, 0.15) is 0 Å². The Morgan fingerprint density at radius 3 is 3.24 bits per heavy atom. The third-order valence-electron chi connectivity index (χ3n) is 2.59. The molecule has 0 bridgehead atoms. The molecule has 0 aliphatic rings. The smallest absolute Gasteiger partial charge is 0.306 e. The molecule has 0 aliphatic carbocycles. The number of carbonyl (C=O) groups is 1. The molecular weight excluding hydrogens is 238 g/mol. The Morgan fingerprint density at radius 2 is 2.47 bits per heavy atom. The van der Waals surface area contributed by atoms with E-state index in [1.807, 2.05) is 18.5 Å². The second-order valence-corrected chi connectivity index (χ2v) is 4.58. The van der Waals surface area contributed by atoms with Crippen LogP contribution in [-0.4, -0.2) is 29.0 Å². The highest BCUT2D eigenvalue weighted by Crippen LogP contribution is 2.16. The van der Waals surface area contributed by atoms with Crippen molar-refractivity contribution in [1.82, 2.24) is 14.7 Å². The van der Waals surface area contributed by atoms with E-state index in [4.69, 9.17) is 0 Å². The van der Waals surface area contributed by atoms with Crippen LogP contribution in [0.25, 0.3) is 4.96 Å². The van der Waals surface area contributed by atoms with E-state index in [2.05, 4.69) is 19.4 Å². The van der Waals surface area contributed by atoms with Gasteiger partial charge in [0, 0.05) is 24.7 Å². The molecule has 0 aliphatic heterocycles. The first kappa shape index (κ1) is 12.1. The molecule has 2 heterocycles. The van der Waals surface area contributed by atoms with Crippen LogP contribution >= 0.6 is 11.3 Å². The van der Waals surface area contributed by atoms with Crippen LogP contribution in [0.5, 0.6) is 0 Å². The van der Waals surface area contributed by atoms with Gasteiger partial charge in [0.05, 0.1) is 24.9 Å². The summed E-state index contributed by atoms with van der Waals surface area (Å²) in [7, 11) is 1.40. The quantitative estimate of drug-likeness (QED) is 0.645. The van der Waals surface area contributed by atoms with Gasteiger partial charge in [-0.15, -0.1) is 11.3 Å². The number of thiazole rings is 1. The zero-order valence-corrected chi connectivity index (χ0v) is 10.7. The molecule has 0 atom stereocenters. The molecule has 0 saturated heterocycles. The second kappa shape index (κ2) is 5.29. The average molecular weight is 253 g/mol. The van der Waals surface area contributed by atoms with Crippen LogP contribution in [-0.2, 0) is 16.1 Å². The van der Waals surface area contributed by atoms with Gasteiger partial charge < -0.3 is 10.1 Å². The van der Waals surface area contributed by atoms with Gasteiger partial charge in [-0.3, -0.25) is 9.20 Å². The molecule has 92 valence electrons. The summed E-state index contributed by atoms with van der Waals surface area (Å²) < 4.78 is 6.65. The standard InChI is InChI=1S/C11H15N3O2S/c1-8-9(7-12-4-3-10(15)16-2)14-5-6-17-11(14)13-8/h5-6,12H,3-4,7H2,1-2H3.